The maximum Gasteiger partial charge on any atom is 0.306 e. The molecule has 0 amide bonds. The van der Waals surface area contributed by atoms with Crippen LogP contribution in [-0.4, -0.2) is 24.7 Å². The monoisotopic (exact) mass is 233 g/mol. The molecule has 3 heteroatoms. The minimum Gasteiger partial charge on any atom is -0.481 e. The predicted octanol–water partition coefficient (Wildman–Crippen LogP) is 2.46. The van der Waals surface area contributed by atoms with Crippen LogP contribution in [0.1, 0.15) is 17.5 Å². The molecule has 17 heavy (non-hydrogen) atoms. The van der Waals surface area contributed by atoms with Gasteiger partial charge >= 0.3 is 5.97 Å². The van der Waals surface area contributed by atoms with Crippen molar-refractivity contribution in [1.29, 1.82) is 0 Å². The zero-order chi connectivity index (χ0) is 12.6. The third-order valence-corrected chi connectivity index (χ3v) is 3.52. The number of benzene rings is 1. The van der Waals surface area contributed by atoms with E-state index in [2.05, 4.69) is 36.9 Å². The summed E-state index contributed by atoms with van der Waals surface area (Å²) in [6, 6.07) is 6.38. The van der Waals surface area contributed by atoms with Crippen LogP contribution in [-0.2, 0) is 4.79 Å². The summed E-state index contributed by atoms with van der Waals surface area (Å²) in [5.41, 5.74) is 3.69. The lowest BCUT2D eigenvalue weighted by Crippen LogP contribution is -2.22. The summed E-state index contributed by atoms with van der Waals surface area (Å²) in [6.45, 7) is 5.00. The Morgan fingerprint density at radius 1 is 1.47 bits per heavy atom. The van der Waals surface area contributed by atoms with Crippen molar-refractivity contribution in [3.05, 3.63) is 29.3 Å². The lowest BCUT2D eigenvalue weighted by atomic mass is 10.1. The second-order valence-corrected chi connectivity index (χ2v) is 5.11. The number of rotatable bonds is 4. The zero-order valence-corrected chi connectivity index (χ0v) is 10.6. The number of hydrogen-bond acceptors (Lipinski definition) is 2. The molecular weight excluding hydrogens is 214 g/mol. The third-order valence-electron chi connectivity index (χ3n) is 3.52. The molecular formula is C14H19NO2. The van der Waals surface area contributed by atoms with Gasteiger partial charge in [-0.3, -0.25) is 4.79 Å². The number of carbonyl (C=O) groups is 1. The van der Waals surface area contributed by atoms with E-state index in [-0.39, 0.29) is 5.92 Å². The summed E-state index contributed by atoms with van der Waals surface area (Å²) in [4.78, 5) is 13.0. The minimum absolute atomic E-state index is 0.123. The van der Waals surface area contributed by atoms with Crippen LogP contribution in [0.3, 0.4) is 0 Å². The van der Waals surface area contributed by atoms with Gasteiger partial charge in [0, 0.05) is 19.3 Å². The first-order valence-electron chi connectivity index (χ1n) is 6.00. The Bertz CT molecular complexity index is 442. The highest BCUT2D eigenvalue weighted by Gasteiger charge is 2.43. The normalized spacial score (nSPS) is 22.3. The second kappa shape index (κ2) is 4.40. The quantitative estimate of drug-likeness (QED) is 0.868. The van der Waals surface area contributed by atoms with Crippen molar-refractivity contribution >= 4 is 11.7 Å². The lowest BCUT2D eigenvalue weighted by molar-refractivity contribution is -0.138. The maximum atomic E-state index is 10.8. The zero-order valence-electron chi connectivity index (χ0n) is 10.6. The van der Waals surface area contributed by atoms with Crippen LogP contribution in [0.4, 0.5) is 5.69 Å². The van der Waals surface area contributed by atoms with E-state index in [0.29, 0.717) is 5.92 Å². The fraction of sp³-hybridized carbons (Fsp3) is 0.500. The molecule has 0 spiro atoms. The highest BCUT2D eigenvalue weighted by atomic mass is 16.4. The van der Waals surface area contributed by atoms with Gasteiger partial charge in [-0.25, -0.2) is 0 Å². The third kappa shape index (κ3) is 2.60. The van der Waals surface area contributed by atoms with Crippen LogP contribution >= 0.6 is 0 Å². The van der Waals surface area contributed by atoms with Gasteiger partial charge in [0.05, 0.1) is 5.92 Å². The molecule has 1 fully saturated rings. The highest BCUT2D eigenvalue weighted by molar-refractivity contribution is 5.73. The van der Waals surface area contributed by atoms with E-state index in [9.17, 15) is 4.79 Å². The number of carboxylic acids is 1. The summed E-state index contributed by atoms with van der Waals surface area (Å²) in [5.74, 6) is -0.454. The number of hydrogen-bond donors (Lipinski definition) is 1. The highest BCUT2D eigenvalue weighted by Crippen LogP contribution is 2.39. The van der Waals surface area contributed by atoms with Gasteiger partial charge in [0.1, 0.15) is 0 Å². The fourth-order valence-corrected chi connectivity index (χ4v) is 2.33. The molecule has 1 aliphatic carbocycles. The van der Waals surface area contributed by atoms with Crippen LogP contribution in [0.15, 0.2) is 18.2 Å². The number of nitrogens with zero attached hydrogens (tertiary/aromatic N) is 1. The molecule has 0 bridgehead atoms. The first-order valence-corrected chi connectivity index (χ1v) is 6.00. The Kier molecular flexibility index (Phi) is 3.09. The van der Waals surface area contributed by atoms with Crippen molar-refractivity contribution in [2.75, 3.05) is 18.5 Å². The van der Waals surface area contributed by atoms with Gasteiger partial charge in [0.15, 0.2) is 0 Å². The van der Waals surface area contributed by atoms with Crippen molar-refractivity contribution in [2.45, 2.75) is 20.3 Å². The van der Waals surface area contributed by atoms with E-state index in [1.165, 1.54) is 16.8 Å². The van der Waals surface area contributed by atoms with Gasteiger partial charge in [0.2, 0.25) is 0 Å². The SMILES string of the molecule is Cc1ccc(C)c(N(C)CC2CC2C(=O)O)c1. The Balaban J connectivity index is 2.03. The number of aryl methyl sites for hydroxylation is 2. The lowest BCUT2D eigenvalue weighted by Gasteiger charge is -2.22. The van der Waals surface area contributed by atoms with E-state index in [0.717, 1.165) is 13.0 Å². The van der Waals surface area contributed by atoms with Crippen LogP contribution in [0.5, 0.6) is 0 Å². The predicted molar refractivity (Wildman–Crippen MR) is 68.4 cm³/mol. The van der Waals surface area contributed by atoms with Crippen molar-refractivity contribution in [3.63, 3.8) is 0 Å². The van der Waals surface area contributed by atoms with Gasteiger partial charge < -0.3 is 10.0 Å². The molecule has 3 nitrogen and oxygen atoms in total. The molecule has 2 unspecified atom stereocenters. The van der Waals surface area contributed by atoms with Crippen molar-refractivity contribution in [3.8, 4) is 0 Å². The Morgan fingerprint density at radius 3 is 2.76 bits per heavy atom. The topological polar surface area (TPSA) is 40.5 Å². The van der Waals surface area contributed by atoms with E-state index < -0.39 is 5.97 Å². The largest absolute Gasteiger partial charge is 0.481 e. The molecule has 2 atom stereocenters. The van der Waals surface area contributed by atoms with Crippen molar-refractivity contribution < 1.29 is 9.90 Å². The average Bonchev–Trinajstić information content (AvgIpc) is 3.01. The summed E-state index contributed by atoms with van der Waals surface area (Å²) < 4.78 is 0. The summed E-state index contributed by atoms with van der Waals surface area (Å²) >= 11 is 0. The molecule has 2 rings (SSSR count). The second-order valence-electron chi connectivity index (χ2n) is 5.11. The van der Waals surface area contributed by atoms with Gasteiger partial charge in [-0.2, -0.15) is 0 Å². The number of aliphatic carboxylic acids is 1. The molecule has 0 aliphatic heterocycles. The van der Waals surface area contributed by atoms with Gasteiger partial charge in [0.25, 0.3) is 0 Å². The van der Waals surface area contributed by atoms with Crippen LogP contribution < -0.4 is 4.90 Å². The van der Waals surface area contributed by atoms with Crippen LogP contribution in [0.2, 0.25) is 0 Å². The molecule has 0 radical (unpaired) electrons. The van der Waals surface area contributed by atoms with Crippen LogP contribution in [0, 0.1) is 25.7 Å². The van der Waals surface area contributed by atoms with Gasteiger partial charge in [-0.15, -0.1) is 0 Å². The van der Waals surface area contributed by atoms with E-state index >= 15 is 0 Å². The molecule has 0 heterocycles. The smallest absolute Gasteiger partial charge is 0.306 e. The van der Waals surface area contributed by atoms with Gasteiger partial charge in [-0.05, 0) is 43.4 Å². The Labute approximate surface area is 102 Å². The fourth-order valence-electron chi connectivity index (χ4n) is 2.33. The van der Waals surface area contributed by atoms with Crippen molar-refractivity contribution in [2.24, 2.45) is 11.8 Å². The molecule has 1 aromatic carbocycles. The number of anilines is 1. The first-order chi connectivity index (χ1) is 7.99. The molecule has 0 aromatic heterocycles. The van der Waals surface area contributed by atoms with Gasteiger partial charge in [-0.1, -0.05) is 12.1 Å². The standard InChI is InChI=1S/C14H19NO2/c1-9-4-5-10(2)13(6-9)15(3)8-11-7-12(11)14(16)17/h4-6,11-12H,7-8H2,1-3H3,(H,16,17). The Morgan fingerprint density at radius 2 is 2.18 bits per heavy atom. The minimum atomic E-state index is -0.649. The average molecular weight is 233 g/mol. The van der Waals surface area contributed by atoms with Crippen molar-refractivity contribution in [1.82, 2.24) is 0 Å². The number of carboxylic acid groups (broad SMARTS) is 1. The maximum absolute atomic E-state index is 10.8. The Hall–Kier alpha value is -1.51. The summed E-state index contributed by atoms with van der Waals surface area (Å²) in [5, 5.41) is 8.89. The van der Waals surface area contributed by atoms with E-state index in [1.54, 1.807) is 0 Å². The first kappa shape index (κ1) is 12.0. The molecule has 92 valence electrons. The molecule has 1 aliphatic rings. The molecule has 1 saturated carbocycles. The van der Waals surface area contributed by atoms with E-state index in [1.807, 2.05) is 7.05 Å². The summed E-state index contributed by atoms with van der Waals surface area (Å²) in [6.07, 6.45) is 0.824. The summed E-state index contributed by atoms with van der Waals surface area (Å²) in [7, 11) is 2.04. The molecule has 1 N–H and O–H groups in total. The molecule has 0 saturated heterocycles. The van der Waals surface area contributed by atoms with Crippen LogP contribution in [0.25, 0.3) is 0 Å². The van der Waals surface area contributed by atoms with E-state index in [4.69, 9.17) is 5.11 Å². The molecule has 1 aromatic rings.